The summed E-state index contributed by atoms with van der Waals surface area (Å²) in [5, 5.41) is 2.95. The molecule has 0 aromatic heterocycles. The van der Waals surface area contributed by atoms with Crippen molar-refractivity contribution in [3.8, 4) is 22.3 Å². The molecule has 0 aliphatic carbocycles. The molecule has 5 rings (SSSR count). The molecule has 0 aliphatic heterocycles. The fourth-order valence-electron chi connectivity index (χ4n) is 5.21. The van der Waals surface area contributed by atoms with E-state index in [-0.39, 0.29) is 0 Å². The number of rotatable bonds is 4. The van der Waals surface area contributed by atoms with Crippen LogP contribution in [-0.4, -0.2) is 12.2 Å². The van der Waals surface area contributed by atoms with Crippen LogP contribution in [0, 0.1) is 27.7 Å². The van der Waals surface area contributed by atoms with Gasteiger partial charge in [0.2, 0.25) is 12.2 Å². The first kappa shape index (κ1) is 23.1. The summed E-state index contributed by atoms with van der Waals surface area (Å²) in [6.45, 7) is 8.31. The van der Waals surface area contributed by atoms with Crippen molar-refractivity contribution in [1.29, 1.82) is 0 Å². The van der Waals surface area contributed by atoms with Crippen LogP contribution in [0.3, 0.4) is 0 Å². The second-order valence-corrected chi connectivity index (χ2v) is 9.23. The first-order chi connectivity index (χ1) is 17.4. The number of fused-ring (bicyclic) bond motifs is 2. The van der Waals surface area contributed by atoms with Crippen LogP contribution in [0.25, 0.3) is 43.8 Å². The average molecular weight is 469 g/mol. The number of benzene rings is 5. The third kappa shape index (κ3) is 3.85. The fraction of sp³-hybridized carbons (Fsp3) is 0.125. The maximum Gasteiger partial charge on any atom is 0.240 e. The molecule has 5 aromatic carbocycles. The maximum atomic E-state index is 11.6. The van der Waals surface area contributed by atoms with E-state index in [4.69, 9.17) is 0 Å². The molecule has 0 heterocycles. The first-order valence-electron chi connectivity index (χ1n) is 11.8. The van der Waals surface area contributed by atoms with Gasteiger partial charge in [-0.2, -0.15) is 9.98 Å². The number of hydrogen-bond acceptors (Lipinski definition) is 4. The van der Waals surface area contributed by atoms with Gasteiger partial charge in [0.15, 0.2) is 0 Å². The van der Waals surface area contributed by atoms with Crippen LogP contribution >= 0.6 is 0 Å². The Balaban J connectivity index is 2.07. The van der Waals surface area contributed by atoms with Crippen molar-refractivity contribution in [2.45, 2.75) is 27.7 Å². The number of hydrogen-bond donors (Lipinski definition) is 0. The van der Waals surface area contributed by atoms with Crippen LogP contribution < -0.4 is 0 Å². The highest BCUT2D eigenvalue weighted by Gasteiger charge is 2.20. The quantitative estimate of drug-likeness (QED) is 0.151. The lowest BCUT2D eigenvalue weighted by molar-refractivity contribution is 0.564. The molecule has 0 radical (unpaired) electrons. The van der Waals surface area contributed by atoms with Crippen molar-refractivity contribution in [3.63, 3.8) is 0 Å². The molecule has 0 fully saturated rings. The molecule has 36 heavy (non-hydrogen) atoms. The van der Waals surface area contributed by atoms with E-state index in [0.717, 1.165) is 60.5 Å². The molecule has 0 N–H and O–H groups in total. The minimum absolute atomic E-state index is 0.512. The van der Waals surface area contributed by atoms with E-state index in [1.54, 1.807) is 12.2 Å². The van der Waals surface area contributed by atoms with Crippen molar-refractivity contribution in [3.05, 3.63) is 95.1 Å². The van der Waals surface area contributed by atoms with E-state index in [9.17, 15) is 9.59 Å². The summed E-state index contributed by atoms with van der Waals surface area (Å²) >= 11 is 0. The van der Waals surface area contributed by atoms with Gasteiger partial charge < -0.3 is 0 Å². The van der Waals surface area contributed by atoms with E-state index in [0.29, 0.717) is 11.4 Å². The smallest absolute Gasteiger partial charge is 0.211 e. The predicted octanol–water partition coefficient (Wildman–Crippen LogP) is 8.50. The van der Waals surface area contributed by atoms with Gasteiger partial charge in [-0.15, -0.1) is 0 Å². The van der Waals surface area contributed by atoms with Crippen LogP contribution in [0.5, 0.6) is 0 Å². The number of nitrogens with zero attached hydrogens (tertiary/aromatic N) is 2. The topological polar surface area (TPSA) is 58.9 Å². The summed E-state index contributed by atoms with van der Waals surface area (Å²) in [6.07, 6.45) is 3.49. The van der Waals surface area contributed by atoms with Crippen molar-refractivity contribution in [1.82, 2.24) is 0 Å². The molecule has 0 spiro atoms. The SMILES string of the molecule is Cc1ccc(-c2cc(-c3ccc(C)cc3C)c3c(N=C=O)c4ccccc4c(N=C=O)c3c2)c(C)c1. The number of aryl methyl sites for hydroxylation is 4. The molecule has 0 unspecified atom stereocenters. The molecule has 4 nitrogen and oxygen atoms in total. The highest BCUT2D eigenvalue weighted by atomic mass is 16.1. The number of carbonyl (C=O) groups excluding carboxylic acids is 2. The molecule has 0 saturated heterocycles. The van der Waals surface area contributed by atoms with Crippen molar-refractivity contribution >= 4 is 45.1 Å². The van der Waals surface area contributed by atoms with Crippen LogP contribution in [-0.2, 0) is 9.59 Å². The lowest BCUT2D eigenvalue weighted by Crippen LogP contribution is -1.92. The lowest BCUT2D eigenvalue weighted by Gasteiger charge is -2.18. The maximum absolute atomic E-state index is 11.6. The molecule has 4 heteroatoms. The Labute approximate surface area is 209 Å². The summed E-state index contributed by atoms with van der Waals surface area (Å²) in [5.41, 5.74) is 9.65. The van der Waals surface area contributed by atoms with Crippen LogP contribution in [0.1, 0.15) is 22.3 Å². The third-order valence-corrected chi connectivity index (χ3v) is 6.75. The highest BCUT2D eigenvalue weighted by molar-refractivity contribution is 6.23. The van der Waals surface area contributed by atoms with E-state index in [1.165, 1.54) is 5.56 Å². The Morgan fingerprint density at radius 1 is 0.556 bits per heavy atom. The molecule has 0 bridgehead atoms. The fourth-order valence-corrected chi connectivity index (χ4v) is 5.21. The summed E-state index contributed by atoms with van der Waals surface area (Å²) < 4.78 is 0. The van der Waals surface area contributed by atoms with Crippen LogP contribution in [0.4, 0.5) is 11.4 Å². The van der Waals surface area contributed by atoms with E-state index < -0.39 is 0 Å². The molecular weight excluding hydrogens is 444 g/mol. The Bertz CT molecular complexity index is 1790. The Morgan fingerprint density at radius 3 is 1.69 bits per heavy atom. The van der Waals surface area contributed by atoms with Gasteiger partial charge in [-0.3, -0.25) is 0 Å². The summed E-state index contributed by atoms with van der Waals surface area (Å²) in [5.74, 6) is 0. The van der Waals surface area contributed by atoms with Gasteiger partial charge in [-0.05, 0) is 73.2 Å². The lowest BCUT2D eigenvalue weighted by atomic mass is 9.86. The van der Waals surface area contributed by atoms with E-state index in [1.807, 2.05) is 30.3 Å². The zero-order valence-electron chi connectivity index (χ0n) is 20.6. The van der Waals surface area contributed by atoms with Crippen LogP contribution in [0.2, 0.25) is 0 Å². The normalized spacial score (nSPS) is 10.8. The van der Waals surface area contributed by atoms with Gasteiger partial charge in [0.1, 0.15) is 0 Å². The van der Waals surface area contributed by atoms with Crippen molar-refractivity contribution in [2.75, 3.05) is 0 Å². The Morgan fingerprint density at radius 2 is 1.11 bits per heavy atom. The number of aliphatic imine (C=N–C) groups is 2. The zero-order valence-corrected chi connectivity index (χ0v) is 20.6. The van der Waals surface area contributed by atoms with Gasteiger partial charge in [0.25, 0.3) is 0 Å². The average Bonchev–Trinajstić information content (AvgIpc) is 2.85. The van der Waals surface area contributed by atoms with Gasteiger partial charge in [-0.25, -0.2) is 9.59 Å². The largest absolute Gasteiger partial charge is 0.240 e. The molecule has 0 saturated carbocycles. The zero-order chi connectivity index (χ0) is 25.4. The second kappa shape index (κ2) is 9.20. The van der Waals surface area contributed by atoms with Crippen LogP contribution in [0.15, 0.2) is 82.8 Å². The van der Waals surface area contributed by atoms with E-state index in [2.05, 4.69) is 80.1 Å². The van der Waals surface area contributed by atoms with Gasteiger partial charge in [-0.1, -0.05) is 71.8 Å². The summed E-state index contributed by atoms with van der Waals surface area (Å²) in [7, 11) is 0. The van der Waals surface area contributed by atoms with Gasteiger partial charge in [0.05, 0.1) is 11.4 Å². The van der Waals surface area contributed by atoms with Gasteiger partial charge >= 0.3 is 0 Å². The first-order valence-corrected chi connectivity index (χ1v) is 11.8. The summed E-state index contributed by atoms with van der Waals surface area (Å²) in [6, 6.07) is 24.4. The molecule has 0 aliphatic rings. The summed E-state index contributed by atoms with van der Waals surface area (Å²) in [4.78, 5) is 31.6. The molecule has 174 valence electrons. The Kier molecular flexibility index (Phi) is 5.91. The van der Waals surface area contributed by atoms with Crippen molar-refractivity contribution in [2.24, 2.45) is 9.98 Å². The second-order valence-electron chi connectivity index (χ2n) is 9.23. The van der Waals surface area contributed by atoms with E-state index >= 15 is 0 Å². The highest BCUT2D eigenvalue weighted by Crippen LogP contribution is 2.48. The van der Waals surface area contributed by atoms with Crippen molar-refractivity contribution < 1.29 is 9.59 Å². The molecule has 0 amide bonds. The minimum atomic E-state index is 0.512. The standard InChI is InChI=1S/C32H24N2O2/c1-19-9-11-24(21(3)13-19)23-15-28(25-12-10-20(2)14-22(25)4)30-29(16-23)31(33-17-35)26-7-5-6-8-27(26)32(30)34-18-36/h5-16H,1-4H3. The van der Waals surface area contributed by atoms with Gasteiger partial charge in [0, 0.05) is 21.5 Å². The molecule has 5 aromatic rings. The monoisotopic (exact) mass is 468 g/mol. The minimum Gasteiger partial charge on any atom is -0.211 e. The Hall–Kier alpha value is -4.62. The predicted molar refractivity (Wildman–Crippen MR) is 147 cm³/mol. The molecular formula is C32H24N2O2. The number of isocyanates is 2. The third-order valence-electron chi connectivity index (χ3n) is 6.75. The molecule has 0 atom stereocenters.